The van der Waals surface area contributed by atoms with Gasteiger partial charge in [-0.2, -0.15) is 0 Å². The molecule has 0 bridgehead atoms. The maximum absolute atomic E-state index is 4.82. The van der Waals surface area contributed by atoms with E-state index in [2.05, 4.69) is 63.6 Å². The maximum Gasteiger partial charge on any atom is 0.0662 e. The first-order valence-electron chi connectivity index (χ1n) is 8.85. The molecule has 26 heavy (non-hydrogen) atoms. The fourth-order valence-corrected chi connectivity index (χ4v) is 3.09. The van der Waals surface area contributed by atoms with Gasteiger partial charge in [-0.05, 0) is 63.1 Å². The Morgan fingerprint density at radius 3 is 1.42 bits per heavy atom. The summed E-state index contributed by atoms with van der Waals surface area (Å²) in [7, 11) is 2.07. The molecule has 0 saturated carbocycles. The zero-order chi connectivity index (χ0) is 18.7. The number of benzene rings is 2. The summed E-state index contributed by atoms with van der Waals surface area (Å²) in [4.78, 5) is 9.63. The number of para-hydroxylation sites is 2. The first-order chi connectivity index (χ1) is 12.5. The molecule has 132 valence electrons. The molecule has 0 aliphatic heterocycles. The van der Waals surface area contributed by atoms with Crippen LogP contribution in [0, 0.1) is 13.8 Å². The van der Waals surface area contributed by atoms with Crippen LogP contribution in [-0.4, -0.2) is 16.0 Å². The molecule has 3 nitrogen and oxygen atoms in total. The lowest BCUT2D eigenvalue weighted by Gasteiger charge is -2.09. The highest BCUT2D eigenvalue weighted by Crippen LogP contribution is 2.21. The predicted molar refractivity (Wildman–Crippen MR) is 112 cm³/mol. The van der Waals surface area contributed by atoms with Crippen LogP contribution >= 0.6 is 0 Å². The van der Waals surface area contributed by atoms with Crippen LogP contribution in [0.5, 0.6) is 0 Å². The predicted octanol–water partition coefficient (Wildman–Crippen LogP) is 5.92. The molecule has 0 aliphatic carbocycles. The summed E-state index contributed by atoms with van der Waals surface area (Å²) in [5, 5.41) is 0. The largest absolute Gasteiger partial charge is 0.342 e. The van der Waals surface area contributed by atoms with Gasteiger partial charge in [0, 0.05) is 7.05 Å². The minimum absolute atomic E-state index is 0.997. The average molecular weight is 343 g/mol. The molecule has 0 atom stereocenters. The molecule has 0 saturated heterocycles. The summed E-state index contributed by atoms with van der Waals surface area (Å²) < 4.78 is 2.16. The third-order valence-corrected chi connectivity index (χ3v) is 4.67. The molecule has 0 radical (unpaired) electrons. The molecule has 0 unspecified atom stereocenters. The molecule has 0 N–H and O–H groups in total. The van der Waals surface area contributed by atoms with Crippen molar-refractivity contribution in [2.75, 3.05) is 0 Å². The van der Waals surface area contributed by atoms with Gasteiger partial charge in [0.05, 0.1) is 34.2 Å². The van der Waals surface area contributed by atoms with Gasteiger partial charge in [0.15, 0.2) is 0 Å². The second kappa shape index (κ2) is 7.52. The number of hydrogen-bond acceptors (Lipinski definition) is 2. The van der Waals surface area contributed by atoms with Crippen LogP contribution in [-0.2, 0) is 7.05 Å². The number of aliphatic imine (C=N–C) groups is 2. The number of rotatable bonds is 4. The third kappa shape index (κ3) is 3.67. The minimum Gasteiger partial charge on any atom is -0.342 e. The molecular weight excluding hydrogens is 318 g/mol. The lowest BCUT2D eigenvalue weighted by Crippen LogP contribution is -2.09. The Balaban J connectivity index is 1.95. The van der Waals surface area contributed by atoms with Gasteiger partial charge in [0.25, 0.3) is 0 Å². The van der Waals surface area contributed by atoms with E-state index in [1.54, 1.807) is 0 Å². The lowest BCUT2D eigenvalue weighted by molar-refractivity contribution is 0.900. The standard InChI is InChI=1S/C23H25N3/c1-16-10-6-8-12-20(16)24-18(3)22-14-15-23(26(22)5)19(4)25-21-13-9-7-11-17(21)2/h6-15H,1-5H3. The molecule has 3 heteroatoms. The molecule has 3 rings (SSSR count). The van der Waals surface area contributed by atoms with Gasteiger partial charge in [-0.3, -0.25) is 9.98 Å². The van der Waals surface area contributed by atoms with Crippen molar-refractivity contribution in [3.8, 4) is 0 Å². The van der Waals surface area contributed by atoms with E-state index in [1.165, 1.54) is 11.1 Å². The summed E-state index contributed by atoms with van der Waals surface area (Å²) in [6, 6.07) is 20.6. The summed E-state index contributed by atoms with van der Waals surface area (Å²) in [6.45, 7) is 8.28. The molecular formula is C23H25N3. The Hall–Kier alpha value is -2.94. The summed E-state index contributed by atoms with van der Waals surface area (Å²) in [5.41, 5.74) is 8.58. The van der Waals surface area contributed by atoms with E-state index in [0.717, 1.165) is 34.2 Å². The molecule has 3 aromatic rings. The minimum atomic E-state index is 0.997. The molecule has 1 heterocycles. The average Bonchev–Trinajstić information content (AvgIpc) is 3.00. The maximum atomic E-state index is 4.82. The molecule has 0 spiro atoms. The molecule has 0 aliphatic rings. The zero-order valence-corrected chi connectivity index (χ0v) is 16.1. The van der Waals surface area contributed by atoms with E-state index < -0.39 is 0 Å². The third-order valence-electron chi connectivity index (χ3n) is 4.67. The van der Waals surface area contributed by atoms with Gasteiger partial charge in [-0.15, -0.1) is 0 Å². The van der Waals surface area contributed by atoms with E-state index in [9.17, 15) is 0 Å². The van der Waals surface area contributed by atoms with Crippen LogP contribution in [0.4, 0.5) is 11.4 Å². The van der Waals surface area contributed by atoms with E-state index in [1.807, 2.05) is 36.4 Å². The number of aryl methyl sites for hydroxylation is 2. The molecule has 0 amide bonds. The van der Waals surface area contributed by atoms with Crippen LogP contribution in [0.3, 0.4) is 0 Å². The zero-order valence-electron chi connectivity index (χ0n) is 16.1. The van der Waals surface area contributed by atoms with Crippen molar-refractivity contribution in [3.05, 3.63) is 83.2 Å². The van der Waals surface area contributed by atoms with Crippen LogP contribution in [0.25, 0.3) is 0 Å². The Labute approximate surface area is 155 Å². The number of nitrogens with zero attached hydrogens (tertiary/aromatic N) is 3. The van der Waals surface area contributed by atoms with Crippen LogP contribution < -0.4 is 0 Å². The Morgan fingerprint density at radius 2 is 1.04 bits per heavy atom. The molecule has 2 aromatic carbocycles. The molecule has 1 aromatic heterocycles. The van der Waals surface area contributed by atoms with E-state index in [-0.39, 0.29) is 0 Å². The SMILES string of the molecule is CC(=Nc1ccccc1C)c1ccc(C(C)=Nc2ccccc2C)n1C. The smallest absolute Gasteiger partial charge is 0.0662 e. The van der Waals surface area contributed by atoms with Gasteiger partial charge in [-0.1, -0.05) is 36.4 Å². The summed E-state index contributed by atoms with van der Waals surface area (Å²) in [6.07, 6.45) is 0. The molecule has 0 fully saturated rings. The van der Waals surface area contributed by atoms with Crippen molar-refractivity contribution >= 4 is 22.8 Å². The highest BCUT2D eigenvalue weighted by atomic mass is 15.0. The summed E-state index contributed by atoms with van der Waals surface area (Å²) >= 11 is 0. The van der Waals surface area contributed by atoms with Gasteiger partial charge >= 0.3 is 0 Å². The second-order valence-electron chi connectivity index (χ2n) is 6.63. The van der Waals surface area contributed by atoms with Gasteiger partial charge < -0.3 is 4.57 Å². The van der Waals surface area contributed by atoms with Crippen LogP contribution in [0.2, 0.25) is 0 Å². The Kier molecular flexibility index (Phi) is 5.17. The van der Waals surface area contributed by atoms with Crippen LogP contribution in [0.1, 0.15) is 36.4 Å². The second-order valence-corrected chi connectivity index (χ2v) is 6.63. The van der Waals surface area contributed by atoms with Gasteiger partial charge in [0.1, 0.15) is 0 Å². The first kappa shape index (κ1) is 17.9. The first-order valence-corrected chi connectivity index (χ1v) is 8.85. The van der Waals surface area contributed by atoms with E-state index in [0.29, 0.717) is 0 Å². The normalized spacial score (nSPS) is 12.5. The Morgan fingerprint density at radius 1 is 0.654 bits per heavy atom. The highest BCUT2D eigenvalue weighted by Gasteiger charge is 2.10. The number of hydrogen-bond donors (Lipinski definition) is 0. The van der Waals surface area contributed by atoms with Crippen molar-refractivity contribution in [2.24, 2.45) is 17.0 Å². The van der Waals surface area contributed by atoms with Gasteiger partial charge in [-0.25, -0.2) is 0 Å². The number of aromatic nitrogens is 1. The quantitative estimate of drug-likeness (QED) is 0.526. The fourth-order valence-electron chi connectivity index (χ4n) is 3.09. The van der Waals surface area contributed by atoms with Crippen molar-refractivity contribution in [2.45, 2.75) is 27.7 Å². The highest BCUT2D eigenvalue weighted by molar-refractivity contribution is 6.03. The fraction of sp³-hybridized carbons (Fsp3) is 0.217. The van der Waals surface area contributed by atoms with Crippen molar-refractivity contribution in [1.29, 1.82) is 0 Å². The Bertz CT molecular complexity index is 911. The van der Waals surface area contributed by atoms with Crippen molar-refractivity contribution in [3.63, 3.8) is 0 Å². The van der Waals surface area contributed by atoms with Crippen molar-refractivity contribution in [1.82, 2.24) is 4.57 Å². The van der Waals surface area contributed by atoms with Crippen LogP contribution in [0.15, 0.2) is 70.6 Å². The van der Waals surface area contributed by atoms with Gasteiger partial charge in [0.2, 0.25) is 0 Å². The summed E-state index contributed by atoms with van der Waals surface area (Å²) in [5.74, 6) is 0. The van der Waals surface area contributed by atoms with Crippen molar-refractivity contribution < 1.29 is 0 Å². The lowest BCUT2D eigenvalue weighted by atomic mass is 10.2. The van der Waals surface area contributed by atoms with E-state index in [4.69, 9.17) is 9.98 Å². The van der Waals surface area contributed by atoms with E-state index >= 15 is 0 Å². The monoisotopic (exact) mass is 343 g/mol. The topological polar surface area (TPSA) is 29.6 Å².